The minimum absolute atomic E-state index is 0.103. The summed E-state index contributed by atoms with van der Waals surface area (Å²) in [4.78, 5) is 24.9. The number of esters is 2. The highest BCUT2D eigenvalue weighted by Gasteiger charge is 2.47. The van der Waals surface area contributed by atoms with Gasteiger partial charge in [-0.05, 0) is 57.4 Å². The van der Waals surface area contributed by atoms with Gasteiger partial charge in [0.25, 0.3) is 0 Å². The van der Waals surface area contributed by atoms with Crippen molar-refractivity contribution in [3.63, 3.8) is 0 Å². The topological polar surface area (TPSA) is 104 Å². The Morgan fingerprint density at radius 1 is 1.18 bits per heavy atom. The zero-order valence-electron chi connectivity index (χ0n) is 23.9. The molecule has 0 aromatic carbocycles. The van der Waals surface area contributed by atoms with E-state index in [9.17, 15) is 14.7 Å². The Kier molecular flexibility index (Phi) is 11.0. The fourth-order valence-corrected chi connectivity index (χ4v) is 5.75. The van der Waals surface area contributed by atoms with Crippen LogP contribution < -0.4 is 0 Å². The molecular formula is C32H44O8. The number of epoxide rings is 1. The number of fused-ring (bicyclic) bond motifs is 3. The van der Waals surface area contributed by atoms with Gasteiger partial charge in [0, 0.05) is 19.4 Å². The van der Waals surface area contributed by atoms with Gasteiger partial charge in [-0.2, -0.15) is 0 Å². The summed E-state index contributed by atoms with van der Waals surface area (Å²) in [5, 5.41) is 10.9. The monoisotopic (exact) mass is 556 g/mol. The Bertz CT molecular complexity index is 1030. The van der Waals surface area contributed by atoms with E-state index in [1.807, 2.05) is 25.2 Å². The molecule has 40 heavy (non-hydrogen) atoms. The molecule has 2 bridgehead atoms. The summed E-state index contributed by atoms with van der Waals surface area (Å²) in [5.74, 6) is -0.665. The van der Waals surface area contributed by atoms with Crippen molar-refractivity contribution in [3.05, 3.63) is 60.3 Å². The Morgan fingerprint density at radius 2 is 2.00 bits per heavy atom. The molecule has 8 nitrogen and oxygen atoms in total. The Balaban J connectivity index is 1.52. The van der Waals surface area contributed by atoms with Crippen molar-refractivity contribution >= 4 is 11.9 Å². The molecule has 4 rings (SSSR count). The maximum atomic E-state index is 12.9. The first kappa shape index (κ1) is 30.4. The molecule has 8 heteroatoms. The third-order valence-corrected chi connectivity index (χ3v) is 7.72. The Morgan fingerprint density at radius 3 is 2.77 bits per heavy atom. The molecule has 9 atom stereocenters. The fourth-order valence-electron chi connectivity index (χ4n) is 5.75. The minimum Gasteiger partial charge on any atom is -0.455 e. The Labute approximate surface area is 237 Å². The average Bonchev–Trinajstić information content (AvgIpc) is 3.65. The van der Waals surface area contributed by atoms with Crippen molar-refractivity contribution in [1.29, 1.82) is 0 Å². The van der Waals surface area contributed by atoms with Gasteiger partial charge >= 0.3 is 11.9 Å². The lowest BCUT2D eigenvalue weighted by Crippen LogP contribution is -2.35. The maximum absolute atomic E-state index is 12.9. The predicted octanol–water partition coefficient (Wildman–Crippen LogP) is 4.68. The van der Waals surface area contributed by atoms with Crippen LogP contribution in [0.1, 0.15) is 65.7 Å². The van der Waals surface area contributed by atoms with E-state index in [0.29, 0.717) is 25.4 Å². The van der Waals surface area contributed by atoms with Crippen LogP contribution >= 0.6 is 0 Å². The highest BCUT2D eigenvalue weighted by atomic mass is 16.6. The van der Waals surface area contributed by atoms with Gasteiger partial charge in [0.05, 0.1) is 37.1 Å². The first-order chi connectivity index (χ1) is 19.2. The first-order valence-electron chi connectivity index (χ1n) is 14.5. The zero-order chi connectivity index (χ0) is 28.6. The normalized spacial score (nSPS) is 37.4. The second kappa shape index (κ2) is 14.4. The van der Waals surface area contributed by atoms with Crippen LogP contribution in [0.4, 0.5) is 0 Å². The highest BCUT2D eigenvalue weighted by Crippen LogP contribution is 2.35. The second-order valence-electron chi connectivity index (χ2n) is 11.6. The maximum Gasteiger partial charge on any atom is 0.330 e. The number of aliphatic hydroxyl groups excluding tert-OH is 1. The number of carbonyl (C=O) groups excluding carboxylic acids is 2. The van der Waals surface area contributed by atoms with Gasteiger partial charge in [0.2, 0.25) is 0 Å². The number of carbonyl (C=O) groups is 2. The summed E-state index contributed by atoms with van der Waals surface area (Å²) >= 11 is 0. The van der Waals surface area contributed by atoms with E-state index in [4.69, 9.17) is 23.7 Å². The van der Waals surface area contributed by atoms with Crippen molar-refractivity contribution in [2.75, 3.05) is 6.61 Å². The minimum atomic E-state index is -0.835. The number of ether oxygens (including phenoxy) is 5. The number of rotatable bonds is 4. The predicted molar refractivity (Wildman–Crippen MR) is 150 cm³/mol. The van der Waals surface area contributed by atoms with Crippen molar-refractivity contribution in [1.82, 2.24) is 0 Å². The SMILES string of the molecule is C=C1C[C@H](C)C[C@@H]2CC=C[C@@H](C/C=C\C(=O)O[C@H]([C@H](/C=C/[C@@H]3CC(C)=CCO3)OC(C)=O)C[C@@H]3O[C@H]3[C@@H](O)C1)O2. The van der Waals surface area contributed by atoms with E-state index >= 15 is 0 Å². The van der Waals surface area contributed by atoms with Crippen molar-refractivity contribution < 1.29 is 38.4 Å². The summed E-state index contributed by atoms with van der Waals surface area (Å²) in [5.41, 5.74) is 2.20. The molecule has 0 spiro atoms. The van der Waals surface area contributed by atoms with Crippen LogP contribution in [0.2, 0.25) is 0 Å². The third kappa shape index (κ3) is 9.54. The van der Waals surface area contributed by atoms with Gasteiger partial charge in [-0.25, -0.2) is 4.79 Å². The molecule has 220 valence electrons. The van der Waals surface area contributed by atoms with Crippen LogP contribution in [-0.2, 0) is 33.3 Å². The standard InChI is InChI=1S/C32H44O8/c1-20-13-14-36-25(16-20)11-12-28(37-23(4)33)29-19-30-32(40-30)27(34)18-22(3)15-21(2)17-26-9-5-7-24(38-26)8-6-10-31(35)39-29/h5-7,10-13,21,24-30,32,34H,3,8-9,14-19H2,1-2,4H3/b10-6-,12-11+/t21-,24-,25+,26-,27-,28-,29-,30-,32-/m0/s1. The molecule has 1 saturated heterocycles. The quantitative estimate of drug-likeness (QED) is 0.303. The number of hydrogen-bond acceptors (Lipinski definition) is 8. The molecule has 4 aliphatic rings. The summed E-state index contributed by atoms with van der Waals surface area (Å²) in [6, 6.07) is 0. The molecule has 0 aromatic heterocycles. The smallest absolute Gasteiger partial charge is 0.330 e. The summed E-state index contributed by atoms with van der Waals surface area (Å²) in [7, 11) is 0. The zero-order valence-corrected chi connectivity index (χ0v) is 23.9. The molecule has 0 radical (unpaired) electrons. The number of aliphatic hydroxyl groups is 1. The van der Waals surface area contributed by atoms with E-state index in [1.54, 1.807) is 12.2 Å². The highest BCUT2D eigenvalue weighted by molar-refractivity contribution is 5.82. The largest absolute Gasteiger partial charge is 0.455 e. The van der Waals surface area contributed by atoms with E-state index in [1.165, 1.54) is 18.6 Å². The van der Waals surface area contributed by atoms with Gasteiger partial charge in [0.15, 0.2) is 6.10 Å². The third-order valence-electron chi connectivity index (χ3n) is 7.72. The van der Waals surface area contributed by atoms with Gasteiger partial charge < -0.3 is 28.8 Å². The van der Waals surface area contributed by atoms with E-state index in [0.717, 1.165) is 31.3 Å². The Hall–Kier alpha value is -2.52. The van der Waals surface area contributed by atoms with Crippen molar-refractivity contribution in [2.45, 2.75) is 115 Å². The summed E-state index contributed by atoms with van der Waals surface area (Å²) < 4.78 is 29.3. The molecule has 0 saturated carbocycles. The fraction of sp³-hybridized carbons (Fsp3) is 0.625. The molecule has 4 heterocycles. The van der Waals surface area contributed by atoms with E-state index < -0.39 is 36.4 Å². The first-order valence-corrected chi connectivity index (χ1v) is 14.5. The second-order valence-corrected chi connectivity index (χ2v) is 11.6. The van der Waals surface area contributed by atoms with Gasteiger partial charge in [-0.3, -0.25) is 4.79 Å². The van der Waals surface area contributed by atoms with Crippen LogP contribution in [0.3, 0.4) is 0 Å². The van der Waals surface area contributed by atoms with E-state index in [-0.39, 0.29) is 30.8 Å². The van der Waals surface area contributed by atoms with Crippen LogP contribution in [0.25, 0.3) is 0 Å². The average molecular weight is 557 g/mol. The lowest BCUT2D eigenvalue weighted by Gasteiger charge is -2.28. The lowest BCUT2D eigenvalue weighted by atomic mass is 9.91. The van der Waals surface area contributed by atoms with Gasteiger partial charge in [0.1, 0.15) is 12.2 Å². The molecule has 4 aliphatic heterocycles. The summed E-state index contributed by atoms with van der Waals surface area (Å²) in [6.45, 7) is 10.3. The van der Waals surface area contributed by atoms with Gasteiger partial charge in [-0.15, -0.1) is 0 Å². The lowest BCUT2D eigenvalue weighted by molar-refractivity contribution is -0.160. The van der Waals surface area contributed by atoms with Crippen molar-refractivity contribution in [2.24, 2.45) is 5.92 Å². The number of hydrogen-bond donors (Lipinski definition) is 1. The molecule has 1 N–H and O–H groups in total. The van der Waals surface area contributed by atoms with Crippen LogP contribution in [-0.4, -0.2) is 72.5 Å². The molecule has 1 fully saturated rings. The van der Waals surface area contributed by atoms with Crippen molar-refractivity contribution in [3.8, 4) is 0 Å². The van der Waals surface area contributed by atoms with Crippen LogP contribution in [0.5, 0.6) is 0 Å². The van der Waals surface area contributed by atoms with Crippen LogP contribution in [0.15, 0.2) is 60.3 Å². The molecule has 0 aromatic rings. The van der Waals surface area contributed by atoms with Crippen LogP contribution in [0, 0.1) is 5.92 Å². The van der Waals surface area contributed by atoms with Gasteiger partial charge in [-0.1, -0.05) is 55.0 Å². The molecule has 0 aliphatic carbocycles. The number of cyclic esters (lactones) is 1. The van der Waals surface area contributed by atoms with E-state index in [2.05, 4.69) is 19.6 Å². The molecular weight excluding hydrogens is 512 g/mol. The summed E-state index contributed by atoms with van der Waals surface area (Å²) in [6.07, 6.45) is 14.2. The molecule has 0 unspecified atom stereocenters. The molecule has 0 amide bonds.